The maximum absolute atomic E-state index is 6.02. The van der Waals surface area contributed by atoms with Gasteiger partial charge in [-0.15, -0.1) is 0 Å². The van der Waals surface area contributed by atoms with Crippen LogP contribution in [0, 0.1) is 3.57 Å². The topological polar surface area (TPSA) is 35.2 Å². The van der Waals surface area contributed by atoms with Gasteiger partial charge in [0.2, 0.25) is 0 Å². The highest BCUT2D eigenvalue weighted by atomic mass is 127. The quantitative estimate of drug-likeness (QED) is 0.807. The zero-order chi connectivity index (χ0) is 9.97. The van der Waals surface area contributed by atoms with Crippen molar-refractivity contribution >= 4 is 22.6 Å². The Labute approximate surface area is 98.0 Å². The highest BCUT2D eigenvalue weighted by molar-refractivity contribution is 14.1. The molecule has 1 aromatic carbocycles. The molecule has 2 N–H and O–H groups in total. The second-order valence-corrected chi connectivity index (χ2v) is 4.93. The van der Waals surface area contributed by atoms with Crippen molar-refractivity contribution in [3.05, 3.63) is 33.4 Å². The first-order valence-corrected chi connectivity index (χ1v) is 5.94. The van der Waals surface area contributed by atoms with E-state index in [2.05, 4.69) is 46.9 Å². The van der Waals surface area contributed by atoms with Crippen molar-refractivity contribution in [3.63, 3.8) is 0 Å². The summed E-state index contributed by atoms with van der Waals surface area (Å²) < 4.78 is 6.60. The van der Waals surface area contributed by atoms with Gasteiger partial charge in [0.25, 0.3) is 0 Å². The second-order valence-electron chi connectivity index (χ2n) is 3.69. The predicted octanol–water partition coefficient (Wildman–Crippen LogP) is 2.12. The molecular formula is C11H14INO. The van der Waals surface area contributed by atoms with E-state index in [4.69, 9.17) is 10.5 Å². The summed E-state index contributed by atoms with van der Waals surface area (Å²) in [6.45, 7) is 1.53. The molecule has 2 atom stereocenters. The lowest BCUT2D eigenvalue weighted by atomic mass is 9.88. The van der Waals surface area contributed by atoms with E-state index in [0.29, 0.717) is 12.5 Å². The number of halogens is 1. The molecule has 0 saturated carbocycles. The number of ether oxygens (including phenoxy) is 1. The van der Waals surface area contributed by atoms with E-state index in [-0.39, 0.29) is 6.04 Å². The molecule has 2 nitrogen and oxygen atoms in total. The lowest BCUT2D eigenvalue weighted by molar-refractivity contribution is 0.0696. The molecule has 1 fully saturated rings. The summed E-state index contributed by atoms with van der Waals surface area (Å²) in [7, 11) is 0. The fourth-order valence-electron chi connectivity index (χ4n) is 1.88. The zero-order valence-corrected chi connectivity index (χ0v) is 10.1. The van der Waals surface area contributed by atoms with Crippen molar-refractivity contribution in [1.82, 2.24) is 0 Å². The molecule has 0 amide bonds. The molecule has 2 unspecified atom stereocenters. The van der Waals surface area contributed by atoms with Gasteiger partial charge in [-0.3, -0.25) is 0 Å². The minimum atomic E-state index is 0.156. The highest BCUT2D eigenvalue weighted by Crippen LogP contribution is 2.26. The van der Waals surface area contributed by atoms with Crippen LogP contribution in [0.2, 0.25) is 0 Å². The lowest BCUT2D eigenvalue weighted by Crippen LogP contribution is -2.37. The molecule has 3 heteroatoms. The van der Waals surface area contributed by atoms with Gasteiger partial charge in [0.15, 0.2) is 0 Å². The van der Waals surface area contributed by atoms with E-state index < -0.39 is 0 Å². The van der Waals surface area contributed by atoms with Gasteiger partial charge in [0, 0.05) is 22.1 Å². The Hall–Kier alpha value is -0.130. The Balaban J connectivity index is 2.16. The van der Waals surface area contributed by atoms with Crippen LogP contribution in [0.1, 0.15) is 17.9 Å². The van der Waals surface area contributed by atoms with Gasteiger partial charge in [-0.25, -0.2) is 0 Å². The molecule has 1 aliphatic heterocycles. The van der Waals surface area contributed by atoms with Crippen LogP contribution in [0.4, 0.5) is 0 Å². The fourth-order valence-corrected chi connectivity index (χ4v) is 2.24. The van der Waals surface area contributed by atoms with E-state index in [1.54, 1.807) is 0 Å². The van der Waals surface area contributed by atoms with Crippen molar-refractivity contribution in [2.45, 2.75) is 18.4 Å². The summed E-state index contributed by atoms with van der Waals surface area (Å²) in [5, 5.41) is 0. The van der Waals surface area contributed by atoms with Gasteiger partial charge in [0.05, 0.1) is 6.61 Å². The molecule has 2 rings (SSSR count). The van der Waals surface area contributed by atoms with Crippen LogP contribution < -0.4 is 5.73 Å². The van der Waals surface area contributed by atoms with Gasteiger partial charge in [-0.2, -0.15) is 0 Å². The lowest BCUT2D eigenvalue weighted by Gasteiger charge is -2.29. The molecule has 1 saturated heterocycles. The first-order chi connectivity index (χ1) is 6.77. The van der Waals surface area contributed by atoms with Gasteiger partial charge >= 0.3 is 0 Å². The molecule has 0 bridgehead atoms. The molecule has 1 aromatic rings. The molecule has 14 heavy (non-hydrogen) atoms. The summed E-state index contributed by atoms with van der Waals surface area (Å²) >= 11 is 2.32. The Bertz CT molecular complexity index is 299. The normalized spacial score (nSPS) is 27.6. The SMILES string of the molecule is NC1COCCC1c1ccc(I)cc1. The molecule has 0 radical (unpaired) electrons. The monoisotopic (exact) mass is 303 g/mol. The molecular weight excluding hydrogens is 289 g/mol. The van der Waals surface area contributed by atoms with E-state index >= 15 is 0 Å². The summed E-state index contributed by atoms with van der Waals surface area (Å²) in [5.41, 5.74) is 7.37. The third kappa shape index (κ3) is 2.27. The minimum absolute atomic E-state index is 0.156. The third-order valence-corrected chi connectivity index (χ3v) is 3.42. The van der Waals surface area contributed by atoms with E-state index in [0.717, 1.165) is 13.0 Å². The molecule has 0 aliphatic carbocycles. The van der Waals surface area contributed by atoms with Crippen molar-refractivity contribution in [1.29, 1.82) is 0 Å². The Kier molecular flexibility index (Phi) is 3.41. The van der Waals surface area contributed by atoms with E-state index in [1.165, 1.54) is 9.13 Å². The Morgan fingerprint density at radius 2 is 2.00 bits per heavy atom. The number of nitrogens with two attached hydrogens (primary N) is 1. The average Bonchev–Trinajstić information content (AvgIpc) is 2.20. The maximum atomic E-state index is 6.02. The number of benzene rings is 1. The third-order valence-electron chi connectivity index (χ3n) is 2.70. The molecule has 76 valence electrons. The van der Waals surface area contributed by atoms with Crippen molar-refractivity contribution < 1.29 is 4.74 Å². The van der Waals surface area contributed by atoms with Crippen LogP contribution in [0.5, 0.6) is 0 Å². The van der Waals surface area contributed by atoms with Crippen LogP contribution in [-0.4, -0.2) is 19.3 Å². The summed E-state index contributed by atoms with van der Waals surface area (Å²) in [5.74, 6) is 0.473. The van der Waals surface area contributed by atoms with Crippen LogP contribution >= 0.6 is 22.6 Å². The van der Waals surface area contributed by atoms with Crippen molar-refractivity contribution in [3.8, 4) is 0 Å². The largest absolute Gasteiger partial charge is 0.380 e. The number of hydrogen-bond acceptors (Lipinski definition) is 2. The zero-order valence-electron chi connectivity index (χ0n) is 7.95. The summed E-state index contributed by atoms with van der Waals surface area (Å²) in [6, 6.07) is 8.79. The minimum Gasteiger partial charge on any atom is -0.380 e. The Morgan fingerprint density at radius 1 is 1.29 bits per heavy atom. The van der Waals surface area contributed by atoms with Gasteiger partial charge in [-0.1, -0.05) is 12.1 Å². The van der Waals surface area contributed by atoms with Gasteiger partial charge in [0.1, 0.15) is 0 Å². The summed E-state index contributed by atoms with van der Waals surface area (Å²) in [6.07, 6.45) is 1.04. The van der Waals surface area contributed by atoms with Gasteiger partial charge in [-0.05, 0) is 46.7 Å². The maximum Gasteiger partial charge on any atom is 0.0623 e. The predicted molar refractivity (Wildman–Crippen MR) is 65.3 cm³/mol. The Morgan fingerprint density at radius 3 is 2.64 bits per heavy atom. The first kappa shape index (κ1) is 10.4. The van der Waals surface area contributed by atoms with E-state index in [1.807, 2.05) is 0 Å². The van der Waals surface area contributed by atoms with Crippen molar-refractivity contribution in [2.75, 3.05) is 13.2 Å². The molecule has 0 spiro atoms. The van der Waals surface area contributed by atoms with Crippen LogP contribution in [0.3, 0.4) is 0 Å². The smallest absolute Gasteiger partial charge is 0.0623 e. The van der Waals surface area contributed by atoms with Crippen LogP contribution in [0.25, 0.3) is 0 Å². The average molecular weight is 303 g/mol. The number of hydrogen-bond donors (Lipinski definition) is 1. The van der Waals surface area contributed by atoms with Crippen LogP contribution in [0.15, 0.2) is 24.3 Å². The number of rotatable bonds is 1. The fraction of sp³-hybridized carbons (Fsp3) is 0.455. The first-order valence-electron chi connectivity index (χ1n) is 4.86. The molecule has 1 heterocycles. The molecule has 1 aliphatic rings. The van der Waals surface area contributed by atoms with Crippen LogP contribution in [-0.2, 0) is 4.74 Å². The standard InChI is InChI=1S/C11H14INO/c12-9-3-1-8(2-4-9)10-5-6-14-7-11(10)13/h1-4,10-11H,5-7,13H2. The molecule has 0 aromatic heterocycles. The summed E-state index contributed by atoms with van der Waals surface area (Å²) in [4.78, 5) is 0. The van der Waals surface area contributed by atoms with Gasteiger partial charge < -0.3 is 10.5 Å². The van der Waals surface area contributed by atoms with E-state index in [9.17, 15) is 0 Å². The highest BCUT2D eigenvalue weighted by Gasteiger charge is 2.23. The second kappa shape index (κ2) is 4.59. The van der Waals surface area contributed by atoms with Crippen molar-refractivity contribution in [2.24, 2.45) is 5.73 Å².